The van der Waals surface area contributed by atoms with Crippen LogP contribution in [0.3, 0.4) is 0 Å². The quantitative estimate of drug-likeness (QED) is 0.588. The second-order valence-electron chi connectivity index (χ2n) is 3.56. The minimum absolute atomic E-state index is 0.118. The third kappa shape index (κ3) is 8.15. The van der Waals surface area contributed by atoms with E-state index in [0.29, 0.717) is 6.10 Å². The summed E-state index contributed by atoms with van der Waals surface area (Å²) in [6.45, 7) is 8.99. The zero-order chi connectivity index (χ0) is 8.91. The van der Waals surface area contributed by atoms with Gasteiger partial charge in [-0.3, -0.25) is 0 Å². The molecule has 1 atom stereocenters. The Hall–Kier alpha value is 0.250. The van der Waals surface area contributed by atoms with Gasteiger partial charge in [0.1, 0.15) is 0 Å². The van der Waals surface area contributed by atoms with Crippen LogP contribution in [0, 0.1) is 0 Å². The fraction of sp³-hybridized carbons (Fsp3) is 1.00. The molecule has 0 spiro atoms. The predicted octanol–water partition coefficient (Wildman–Crippen LogP) is 3.21. The van der Waals surface area contributed by atoms with Gasteiger partial charge in [-0.25, -0.2) is 0 Å². The minimum Gasteiger partial charge on any atom is -0.378 e. The highest BCUT2D eigenvalue weighted by Gasteiger charge is 2.12. The minimum atomic E-state index is -0.118. The Morgan fingerprint density at radius 2 is 2.00 bits per heavy atom. The molecule has 0 aromatic carbocycles. The largest absolute Gasteiger partial charge is 0.378 e. The van der Waals surface area contributed by atoms with Crippen molar-refractivity contribution in [2.75, 3.05) is 6.61 Å². The van der Waals surface area contributed by atoms with Gasteiger partial charge in [0, 0.05) is 11.5 Å². The molecule has 0 aromatic heterocycles. The van der Waals surface area contributed by atoms with E-state index in [1.54, 1.807) is 0 Å². The van der Waals surface area contributed by atoms with Gasteiger partial charge in [-0.2, -0.15) is 0 Å². The molecule has 68 valence electrons. The van der Waals surface area contributed by atoms with Crippen LogP contribution in [0.2, 0.25) is 0 Å². The lowest BCUT2D eigenvalue weighted by atomic mass is 10.1. The first-order chi connectivity index (χ1) is 4.95. The van der Waals surface area contributed by atoms with Crippen LogP contribution in [0.4, 0.5) is 0 Å². The van der Waals surface area contributed by atoms with Crippen molar-refractivity contribution in [1.29, 1.82) is 0 Å². The summed E-state index contributed by atoms with van der Waals surface area (Å²) < 4.78 is 5.48. The standard InChI is InChI=1S/C9H19ClO/c1-5-8(2)11-7-6-9(3,4)10/h8H,5-7H2,1-4H3. The van der Waals surface area contributed by atoms with Gasteiger partial charge in [-0.15, -0.1) is 11.6 Å². The molecule has 0 N–H and O–H groups in total. The van der Waals surface area contributed by atoms with Crippen LogP contribution in [-0.2, 0) is 4.74 Å². The zero-order valence-electron chi connectivity index (χ0n) is 7.98. The Labute approximate surface area is 75.1 Å². The first-order valence-corrected chi connectivity index (χ1v) is 4.64. The predicted molar refractivity (Wildman–Crippen MR) is 50.3 cm³/mol. The van der Waals surface area contributed by atoms with Crippen molar-refractivity contribution < 1.29 is 4.74 Å². The lowest BCUT2D eigenvalue weighted by molar-refractivity contribution is 0.0583. The summed E-state index contributed by atoms with van der Waals surface area (Å²) in [7, 11) is 0. The van der Waals surface area contributed by atoms with Crippen LogP contribution in [0.1, 0.15) is 40.5 Å². The second-order valence-corrected chi connectivity index (χ2v) is 4.58. The van der Waals surface area contributed by atoms with E-state index in [9.17, 15) is 0 Å². The van der Waals surface area contributed by atoms with Crippen molar-refractivity contribution in [2.24, 2.45) is 0 Å². The molecule has 11 heavy (non-hydrogen) atoms. The monoisotopic (exact) mass is 178 g/mol. The molecule has 2 heteroatoms. The molecular weight excluding hydrogens is 160 g/mol. The van der Waals surface area contributed by atoms with Crippen LogP contribution in [0.15, 0.2) is 0 Å². The van der Waals surface area contributed by atoms with E-state index in [0.717, 1.165) is 19.4 Å². The van der Waals surface area contributed by atoms with E-state index in [4.69, 9.17) is 16.3 Å². The van der Waals surface area contributed by atoms with Crippen molar-refractivity contribution in [1.82, 2.24) is 0 Å². The number of alkyl halides is 1. The Kier molecular flexibility index (Phi) is 5.11. The van der Waals surface area contributed by atoms with Gasteiger partial charge in [-0.1, -0.05) is 6.92 Å². The van der Waals surface area contributed by atoms with Crippen molar-refractivity contribution in [3.05, 3.63) is 0 Å². The van der Waals surface area contributed by atoms with Crippen LogP contribution in [0.25, 0.3) is 0 Å². The van der Waals surface area contributed by atoms with Gasteiger partial charge >= 0.3 is 0 Å². The summed E-state index contributed by atoms with van der Waals surface area (Å²) in [6, 6.07) is 0. The van der Waals surface area contributed by atoms with Gasteiger partial charge in [0.15, 0.2) is 0 Å². The van der Waals surface area contributed by atoms with Crippen LogP contribution < -0.4 is 0 Å². The molecule has 0 aliphatic carbocycles. The van der Waals surface area contributed by atoms with Crippen molar-refractivity contribution >= 4 is 11.6 Å². The first kappa shape index (κ1) is 11.2. The number of hydrogen-bond donors (Lipinski definition) is 0. The van der Waals surface area contributed by atoms with Crippen molar-refractivity contribution in [2.45, 2.75) is 51.5 Å². The summed E-state index contributed by atoms with van der Waals surface area (Å²) >= 11 is 5.98. The molecule has 0 heterocycles. The highest BCUT2D eigenvalue weighted by Crippen LogP contribution is 2.17. The Balaban J connectivity index is 3.28. The number of halogens is 1. The number of rotatable bonds is 5. The molecule has 0 saturated carbocycles. The maximum absolute atomic E-state index is 5.98. The fourth-order valence-corrected chi connectivity index (χ4v) is 0.698. The highest BCUT2D eigenvalue weighted by molar-refractivity contribution is 6.23. The summed E-state index contributed by atoms with van der Waals surface area (Å²) in [5.41, 5.74) is 0. The number of hydrogen-bond acceptors (Lipinski definition) is 1. The van der Waals surface area contributed by atoms with E-state index >= 15 is 0 Å². The summed E-state index contributed by atoms with van der Waals surface area (Å²) in [5.74, 6) is 0. The molecular formula is C9H19ClO. The molecule has 0 rings (SSSR count). The molecule has 0 aliphatic heterocycles. The molecule has 0 fully saturated rings. The average molecular weight is 179 g/mol. The van der Waals surface area contributed by atoms with Gasteiger partial charge in [-0.05, 0) is 33.6 Å². The SMILES string of the molecule is CCC(C)OCCC(C)(C)Cl. The summed E-state index contributed by atoms with van der Waals surface area (Å²) in [5, 5.41) is 0. The normalized spacial score (nSPS) is 15.0. The lowest BCUT2D eigenvalue weighted by Gasteiger charge is -2.17. The second kappa shape index (κ2) is 5.00. The average Bonchev–Trinajstić information content (AvgIpc) is 1.85. The van der Waals surface area contributed by atoms with Gasteiger partial charge in [0.25, 0.3) is 0 Å². The lowest BCUT2D eigenvalue weighted by Crippen LogP contribution is -2.16. The van der Waals surface area contributed by atoms with Gasteiger partial charge in [0.2, 0.25) is 0 Å². The molecule has 0 aromatic rings. The molecule has 0 saturated heterocycles. The fourth-order valence-electron chi connectivity index (χ4n) is 0.621. The smallest absolute Gasteiger partial charge is 0.0544 e. The molecule has 1 nitrogen and oxygen atoms in total. The topological polar surface area (TPSA) is 9.23 Å². The summed E-state index contributed by atoms with van der Waals surface area (Å²) in [6.07, 6.45) is 2.36. The Morgan fingerprint density at radius 3 is 2.36 bits per heavy atom. The molecule has 0 bridgehead atoms. The van der Waals surface area contributed by atoms with E-state index in [2.05, 4.69) is 13.8 Å². The van der Waals surface area contributed by atoms with Crippen LogP contribution >= 0.6 is 11.6 Å². The first-order valence-electron chi connectivity index (χ1n) is 4.26. The molecule has 1 unspecified atom stereocenters. The van der Waals surface area contributed by atoms with E-state index in [-0.39, 0.29) is 4.87 Å². The van der Waals surface area contributed by atoms with Gasteiger partial charge in [0.05, 0.1) is 6.10 Å². The number of ether oxygens (including phenoxy) is 1. The van der Waals surface area contributed by atoms with E-state index in [1.165, 1.54) is 0 Å². The van der Waals surface area contributed by atoms with Crippen molar-refractivity contribution in [3.8, 4) is 0 Å². The Morgan fingerprint density at radius 1 is 1.45 bits per heavy atom. The van der Waals surface area contributed by atoms with Crippen LogP contribution in [-0.4, -0.2) is 17.6 Å². The maximum atomic E-state index is 5.98. The highest BCUT2D eigenvalue weighted by atomic mass is 35.5. The van der Waals surface area contributed by atoms with E-state index in [1.807, 2.05) is 13.8 Å². The third-order valence-corrected chi connectivity index (χ3v) is 1.86. The third-order valence-electron chi connectivity index (χ3n) is 1.67. The van der Waals surface area contributed by atoms with Crippen molar-refractivity contribution in [3.63, 3.8) is 0 Å². The maximum Gasteiger partial charge on any atom is 0.0544 e. The molecule has 0 aliphatic rings. The molecule has 0 amide bonds. The zero-order valence-corrected chi connectivity index (χ0v) is 8.74. The Bertz CT molecular complexity index is 96.2. The summed E-state index contributed by atoms with van der Waals surface area (Å²) in [4.78, 5) is -0.118. The van der Waals surface area contributed by atoms with Crippen LogP contribution in [0.5, 0.6) is 0 Å². The molecule has 0 radical (unpaired) electrons. The van der Waals surface area contributed by atoms with Gasteiger partial charge < -0.3 is 4.74 Å². The van der Waals surface area contributed by atoms with E-state index < -0.39 is 0 Å².